The first-order chi connectivity index (χ1) is 7.77. The van der Waals surface area contributed by atoms with Crippen molar-refractivity contribution in [2.45, 2.75) is 12.8 Å². The molecule has 1 aliphatic rings. The van der Waals surface area contributed by atoms with E-state index in [-0.39, 0.29) is 0 Å². The maximum atomic E-state index is 6.04. The van der Waals surface area contributed by atoms with Gasteiger partial charge in [0.1, 0.15) is 0 Å². The fourth-order valence-corrected chi connectivity index (χ4v) is 2.56. The van der Waals surface area contributed by atoms with E-state index in [0.29, 0.717) is 0 Å². The van der Waals surface area contributed by atoms with Crippen LogP contribution in [0.15, 0.2) is 22.7 Å². The Morgan fingerprint density at radius 2 is 2.12 bits per heavy atom. The van der Waals surface area contributed by atoms with Gasteiger partial charge in [0.15, 0.2) is 0 Å². The number of hydrogen-bond donors (Lipinski definition) is 2. The number of hydrogen-bond acceptors (Lipinski definition) is 2. The van der Waals surface area contributed by atoms with Crippen LogP contribution < -0.4 is 10.6 Å². The first-order valence-electron chi connectivity index (χ1n) is 5.66. The van der Waals surface area contributed by atoms with E-state index < -0.39 is 0 Å². The summed E-state index contributed by atoms with van der Waals surface area (Å²) in [5.74, 6) is 0.770. The van der Waals surface area contributed by atoms with Gasteiger partial charge in [-0.25, -0.2) is 0 Å². The van der Waals surface area contributed by atoms with Crippen molar-refractivity contribution in [3.8, 4) is 0 Å². The molecule has 0 amide bonds. The Morgan fingerprint density at radius 1 is 1.38 bits per heavy atom. The fraction of sp³-hybridized carbons (Fsp3) is 0.500. The summed E-state index contributed by atoms with van der Waals surface area (Å²) in [6.45, 7) is 3.31. The van der Waals surface area contributed by atoms with Gasteiger partial charge in [0.25, 0.3) is 0 Å². The highest BCUT2D eigenvalue weighted by atomic mass is 79.9. The van der Waals surface area contributed by atoms with Crippen molar-refractivity contribution in [3.63, 3.8) is 0 Å². The SMILES string of the molecule is Clc1cccc(NCC2CCNCC2)c1Br. The van der Waals surface area contributed by atoms with Crippen LogP contribution in [0, 0.1) is 5.92 Å². The van der Waals surface area contributed by atoms with Crippen LogP contribution in [0.4, 0.5) is 5.69 Å². The first kappa shape index (κ1) is 12.2. The summed E-state index contributed by atoms with van der Waals surface area (Å²) in [6.07, 6.45) is 2.51. The van der Waals surface area contributed by atoms with Crippen molar-refractivity contribution < 1.29 is 0 Å². The van der Waals surface area contributed by atoms with Gasteiger partial charge in [0.05, 0.1) is 9.50 Å². The van der Waals surface area contributed by atoms with Crippen LogP contribution in [0.2, 0.25) is 5.02 Å². The Morgan fingerprint density at radius 3 is 2.88 bits per heavy atom. The van der Waals surface area contributed by atoms with Gasteiger partial charge in [-0.3, -0.25) is 0 Å². The van der Waals surface area contributed by atoms with E-state index in [0.717, 1.165) is 40.7 Å². The molecule has 0 unspecified atom stereocenters. The smallest absolute Gasteiger partial charge is 0.0593 e. The molecule has 0 bridgehead atoms. The molecule has 2 rings (SSSR count). The highest BCUT2D eigenvalue weighted by molar-refractivity contribution is 9.10. The predicted molar refractivity (Wildman–Crippen MR) is 73.2 cm³/mol. The molecule has 1 aromatic carbocycles. The number of piperidine rings is 1. The van der Waals surface area contributed by atoms with Gasteiger partial charge in [0.2, 0.25) is 0 Å². The van der Waals surface area contributed by atoms with E-state index in [1.165, 1.54) is 12.8 Å². The molecule has 2 nitrogen and oxygen atoms in total. The third-order valence-electron chi connectivity index (χ3n) is 2.99. The lowest BCUT2D eigenvalue weighted by Crippen LogP contribution is -2.31. The molecule has 1 fully saturated rings. The second-order valence-corrected chi connectivity index (χ2v) is 5.38. The van der Waals surface area contributed by atoms with E-state index in [9.17, 15) is 0 Å². The Hall–Kier alpha value is -0.250. The minimum Gasteiger partial charge on any atom is -0.384 e. The van der Waals surface area contributed by atoms with Crippen molar-refractivity contribution in [2.24, 2.45) is 5.92 Å². The number of halogens is 2. The van der Waals surface area contributed by atoms with Crippen molar-refractivity contribution >= 4 is 33.2 Å². The molecule has 1 saturated heterocycles. The summed E-state index contributed by atoms with van der Waals surface area (Å²) >= 11 is 9.54. The van der Waals surface area contributed by atoms with Gasteiger partial charge >= 0.3 is 0 Å². The monoisotopic (exact) mass is 302 g/mol. The third kappa shape index (κ3) is 3.12. The molecule has 16 heavy (non-hydrogen) atoms. The van der Waals surface area contributed by atoms with Gasteiger partial charge in [-0.05, 0) is 59.9 Å². The minimum atomic E-state index is 0.760. The maximum absolute atomic E-state index is 6.04. The summed E-state index contributed by atoms with van der Waals surface area (Å²) < 4.78 is 0.964. The zero-order chi connectivity index (χ0) is 11.4. The number of rotatable bonds is 3. The Balaban J connectivity index is 1.91. The van der Waals surface area contributed by atoms with Crippen molar-refractivity contribution in [1.82, 2.24) is 5.32 Å². The van der Waals surface area contributed by atoms with E-state index in [2.05, 4.69) is 32.6 Å². The average Bonchev–Trinajstić information content (AvgIpc) is 2.32. The van der Waals surface area contributed by atoms with Crippen LogP contribution in [0.1, 0.15) is 12.8 Å². The molecule has 0 aliphatic carbocycles. The van der Waals surface area contributed by atoms with Crippen LogP contribution in [0.5, 0.6) is 0 Å². The van der Waals surface area contributed by atoms with Crippen LogP contribution >= 0.6 is 27.5 Å². The zero-order valence-corrected chi connectivity index (χ0v) is 11.4. The van der Waals surface area contributed by atoms with Crippen molar-refractivity contribution in [3.05, 3.63) is 27.7 Å². The third-order valence-corrected chi connectivity index (χ3v) is 4.39. The summed E-state index contributed by atoms with van der Waals surface area (Å²) in [4.78, 5) is 0. The average molecular weight is 304 g/mol. The number of benzene rings is 1. The van der Waals surface area contributed by atoms with Gasteiger partial charge < -0.3 is 10.6 Å². The van der Waals surface area contributed by atoms with E-state index in [4.69, 9.17) is 11.6 Å². The Bertz CT molecular complexity index is 351. The molecule has 1 aromatic rings. The normalized spacial score (nSPS) is 17.4. The van der Waals surface area contributed by atoms with Crippen molar-refractivity contribution in [1.29, 1.82) is 0 Å². The molecule has 88 valence electrons. The van der Waals surface area contributed by atoms with Crippen LogP contribution in [-0.4, -0.2) is 19.6 Å². The quantitative estimate of drug-likeness (QED) is 0.893. The highest BCUT2D eigenvalue weighted by Gasteiger charge is 2.13. The molecule has 0 saturated carbocycles. The summed E-state index contributed by atoms with van der Waals surface area (Å²) in [7, 11) is 0. The zero-order valence-electron chi connectivity index (χ0n) is 9.10. The van der Waals surface area contributed by atoms with Gasteiger partial charge in [-0.2, -0.15) is 0 Å². The molecule has 2 N–H and O–H groups in total. The van der Waals surface area contributed by atoms with Crippen LogP contribution in [0.25, 0.3) is 0 Å². The summed E-state index contributed by atoms with van der Waals surface area (Å²) in [5, 5.41) is 7.60. The van der Waals surface area contributed by atoms with Crippen LogP contribution in [-0.2, 0) is 0 Å². The largest absolute Gasteiger partial charge is 0.384 e. The lowest BCUT2D eigenvalue weighted by molar-refractivity contribution is 0.390. The lowest BCUT2D eigenvalue weighted by atomic mass is 9.98. The van der Waals surface area contributed by atoms with E-state index in [1.807, 2.05) is 12.1 Å². The molecular weight excluding hydrogens is 288 g/mol. The molecule has 0 radical (unpaired) electrons. The second-order valence-electron chi connectivity index (χ2n) is 4.18. The maximum Gasteiger partial charge on any atom is 0.0593 e. The minimum absolute atomic E-state index is 0.760. The first-order valence-corrected chi connectivity index (χ1v) is 6.83. The number of nitrogens with one attached hydrogen (secondary N) is 2. The highest BCUT2D eigenvalue weighted by Crippen LogP contribution is 2.30. The number of anilines is 1. The Labute approximate surface area is 110 Å². The molecule has 0 spiro atoms. The summed E-state index contributed by atoms with van der Waals surface area (Å²) in [6, 6.07) is 5.91. The molecule has 1 heterocycles. The van der Waals surface area contributed by atoms with E-state index >= 15 is 0 Å². The van der Waals surface area contributed by atoms with Crippen molar-refractivity contribution in [2.75, 3.05) is 25.0 Å². The standard InChI is InChI=1S/C12H16BrClN2/c13-12-10(14)2-1-3-11(12)16-8-9-4-6-15-7-5-9/h1-3,9,15-16H,4-8H2. The Kier molecular flexibility index (Phi) is 4.50. The summed E-state index contributed by atoms with van der Waals surface area (Å²) in [5.41, 5.74) is 1.09. The van der Waals surface area contributed by atoms with Gasteiger partial charge in [0, 0.05) is 12.2 Å². The predicted octanol–water partition coefficient (Wildman–Crippen LogP) is 3.51. The van der Waals surface area contributed by atoms with Gasteiger partial charge in [-0.1, -0.05) is 17.7 Å². The van der Waals surface area contributed by atoms with Crippen LogP contribution in [0.3, 0.4) is 0 Å². The topological polar surface area (TPSA) is 24.1 Å². The van der Waals surface area contributed by atoms with Gasteiger partial charge in [-0.15, -0.1) is 0 Å². The molecule has 1 aliphatic heterocycles. The molecule has 4 heteroatoms. The molecule has 0 aromatic heterocycles. The second kappa shape index (κ2) is 5.89. The fourth-order valence-electron chi connectivity index (χ4n) is 1.98. The molecule has 0 atom stereocenters. The van der Waals surface area contributed by atoms with E-state index in [1.54, 1.807) is 0 Å². The lowest BCUT2D eigenvalue weighted by Gasteiger charge is -2.23. The molecular formula is C12H16BrClN2.